The van der Waals surface area contributed by atoms with Crippen LogP contribution in [0.25, 0.3) is 10.4 Å². The van der Waals surface area contributed by atoms with Gasteiger partial charge >= 0.3 is 10.2 Å². The summed E-state index contributed by atoms with van der Waals surface area (Å²) in [5.74, 6) is 1.99. The number of nitrogens with zero attached hydrogens (tertiary/aromatic N) is 3. The van der Waals surface area contributed by atoms with E-state index in [0.29, 0.717) is 17.8 Å². The van der Waals surface area contributed by atoms with E-state index < -0.39 is 10.2 Å². The molecule has 0 amide bonds. The number of rotatable bonds is 3. The molecule has 4 fully saturated rings. The summed E-state index contributed by atoms with van der Waals surface area (Å²) < 4.78 is 28.7. The van der Waals surface area contributed by atoms with Crippen molar-refractivity contribution in [3.8, 4) is 0 Å². The Morgan fingerprint density at radius 3 is 2.00 bits per heavy atom. The van der Waals surface area contributed by atoms with Crippen molar-refractivity contribution < 1.29 is 8.42 Å². The van der Waals surface area contributed by atoms with Crippen LogP contribution in [-0.2, 0) is 10.2 Å². The lowest BCUT2D eigenvalue weighted by atomic mass is 9.53. The molecule has 4 aliphatic rings. The molecule has 4 rings (SSSR count). The Morgan fingerprint density at radius 2 is 1.59 bits per heavy atom. The van der Waals surface area contributed by atoms with Gasteiger partial charge in [-0.25, -0.2) is 13.1 Å². The van der Waals surface area contributed by atoms with Crippen molar-refractivity contribution in [2.24, 2.45) is 22.3 Å². The van der Waals surface area contributed by atoms with Gasteiger partial charge < -0.3 is 0 Å². The third-order valence-electron chi connectivity index (χ3n) is 4.53. The lowest BCUT2D eigenvalue weighted by molar-refractivity contribution is -0.00809. The van der Waals surface area contributed by atoms with E-state index in [-0.39, 0.29) is 5.54 Å². The summed E-state index contributed by atoms with van der Waals surface area (Å²) in [6.07, 6.45) is 6.50. The van der Waals surface area contributed by atoms with Gasteiger partial charge in [0.2, 0.25) is 0 Å². The van der Waals surface area contributed by atoms with E-state index in [1.54, 1.807) is 0 Å². The molecule has 0 unspecified atom stereocenters. The second kappa shape index (κ2) is 3.60. The molecule has 4 saturated carbocycles. The normalized spacial score (nSPS) is 43.4. The topological polar surface area (TPSA) is 94.9 Å². The summed E-state index contributed by atoms with van der Waals surface area (Å²) in [6.45, 7) is 0. The van der Waals surface area contributed by atoms with Crippen molar-refractivity contribution in [3.05, 3.63) is 10.4 Å². The van der Waals surface area contributed by atoms with Gasteiger partial charge in [0, 0.05) is 15.0 Å². The van der Waals surface area contributed by atoms with Crippen molar-refractivity contribution in [2.45, 2.75) is 44.1 Å². The van der Waals surface area contributed by atoms with E-state index in [1.165, 1.54) is 19.3 Å². The van der Waals surface area contributed by atoms with E-state index in [1.807, 2.05) is 0 Å². The van der Waals surface area contributed by atoms with Crippen LogP contribution < -0.4 is 4.72 Å². The van der Waals surface area contributed by atoms with Gasteiger partial charge in [-0.05, 0) is 61.8 Å². The zero-order chi connectivity index (χ0) is 12.1. The van der Waals surface area contributed by atoms with Crippen LogP contribution in [0.3, 0.4) is 0 Å². The van der Waals surface area contributed by atoms with Crippen LogP contribution in [0.5, 0.6) is 0 Å². The first-order valence-electron chi connectivity index (χ1n) is 6.10. The second-order valence-corrected chi connectivity index (χ2v) is 7.26. The van der Waals surface area contributed by atoms with Gasteiger partial charge in [0.25, 0.3) is 0 Å². The maximum Gasteiger partial charge on any atom is 0.300 e. The van der Waals surface area contributed by atoms with Crippen molar-refractivity contribution >= 4 is 10.2 Å². The van der Waals surface area contributed by atoms with Crippen LogP contribution >= 0.6 is 0 Å². The first kappa shape index (κ1) is 11.3. The van der Waals surface area contributed by atoms with Gasteiger partial charge in [0.15, 0.2) is 0 Å². The molecule has 0 spiro atoms. The Labute approximate surface area is 101 Å². The molecular formula is C10H16N4O2S. The quantitative estimate of drug-likeness (QED) is 0.475. The van der Waals surface area contributed by atoms with Crippen LogP contribution in [0.4, 0.5) is 0 Å². The Balaban J connectivity index is 1.85. The largest absolute Gasteiger partial charge is 0.300 e. The minimum Gasteiger partial charge on any atom is -0.204 e. The summed E-state index contributed by atoms with van der Waals surface area (Å²) in [6, 6.07) is 0. The second-order valence-electron chi connectivity index (χ2n) is 5.95. The van der Waals surface area contributed by atoms with E-state index >= 15 is 0 Å². The molecule has 0 saturated heterocycles. The molecule has 0 radical (unpaired) electrons. The zero-order valence-corrected chi connectivity index (χ0v) is 10.4. The Bertz CT molecular complexity index is 445. The molecule has 0 aromatic heterocycles. The monoisotopic (exact) mass is 256 g/mol. The summed E-state index contributed by atoms with van der Waals surface area (Å²) in [7, 11) is -3.84. The van der Waals surface area contributed by atoms with E-state index in [4.69, 9.17) is 5.53 Å². The molecule has 0 aliphatic heterocycles. The minimum absolute atomic E-state index is 0.318. The summed E-state index contributed by atoms with van der Waals surface area (Å²) in [4.78, 5) is 2.38. The van der Waals surface area contributed by atoms with Crippen LogP contribution in [0.15, 0.2) is 4.52 Å². The SMILES string of the molecule is [N-]=[N+]=NS(=O)(=O)NC12CC3CC(CC(C3)C1)C2. The van der Waals surface area contributed by atoms with Gasteiger partial charge in [0.05, 0.1) is 0 Å². The van der Waals surface area contributed by atoms with Crippen molar-refractivity contribution in [2.75, 3.05) is 0 Å². The summed E-state index contributed by atoms with van der Waals surface area (Å²) in [5, 5.41) is 0. The Kier molecular flexibility index (Phi) is 2.40. The molecule has 0 heterocycles. The highest BCUT2D eigenvalue weighted by Gasteiger charge is 2.52. The Morgan fingerprint density at radius 1 is 1.12 bits per heavy atom. The van der Waals surface area contributed by atoms with Gasteiger partial charge in [-0.2, -0.15) is 0 Å². The molecular weight excluding hydrogens is 240 g/mol. The van der Waals surface area contributed by atoms with Gasteiger partial charge in [-0.1, -0.05) is 0 Å². The molecule has 0 aromatic carbocycles. The maximum absolute atomic E-state index is 11.6. The standard InChI is InChI=1S/C10H16N4O2S/c11-13-14-17(15,16)12-10-4-7-1-8(5-10)3-9(2-7)6-10/h7-9,12H,1-6H2. The van der Waals surface area contributed by atoms with Crippen LogP contribution in [0.2, 0.25) is 0 Å². The highest BCUT2D eigenvalue weighted by atomic mass is 32.2. The third kappa shape index (κ3) is 2.03. The molecule has 0 aromatic rings. The number of hydrogen-bond acceptors (Lipinski definition) is 2. The molecule has 4 bridgehead atoms. The first-order valence-corrected chi connectivity index (χ1v) is 7.54. The predicted molar refractivity (Wildman–Crippen MR) is 62.1 cm³/mol. The smallest absolute Gasteiger partial charge is 0.204 e. The summed E-state index contributed by atoms with van der Waals surface area (Å²) in [5.41, 5.74) is 7.94. The molecule has 17 heavy (non-hydrogen) atoms. The fourth-order valence-corrected chi connectivity index (χ4v) is 5.51. The highest BCUT2D eigenvalue weighted by molar-refractivity contribution is 7.88. The Hall–Kier alpha value is -0.780. The average molecular weight is 256 g/mol. The van der Waals surface area contributed by atoms with E-state index in [0.717, 1.165) is 19.3 Å². The van der Waals surface area contributed by atoms with Crippen LogP contribution in [-0.4, -0.2) is 14.0 Å². The molecule has 0 atom stereocenters. The lowest BCUT2D eigenvalue weighted by Crippen LogP contribution is -2.59. The summed E-state index contributed by atoms with van der Waals surface area (Å²) >= 11 is 0. The highest BCUT2D eigenvalue weighted by Crippen LogP contribution is 2.55. The fourth-order valence-electron chi connectivity index (χ4n) is 4.58. The number of azide groups is 1. The van der Waals surface area contributed by atoms with Gasteiger partial charge in [-0.15, -0.1) is 0 Å². The predicted octanol–water partition coefficient (Wildman–Crippen LogP) is 2.10. The van der Waals surface area contributed by atoms with Gasteiger partial charge in [-0.3, -0.25) is 0 Å². The fraction of sp³-hybridized carbons (Fsp3) is 1.00. The number of hydrogen-bond donors (Lipinski definition) is 1. The van der Waals surface area contributed by atoms with Crippen molar-refractivity contribution in [3.63, 3.8) is 0 Å². The lowest BCUT2D eigenvalue weighted by Gasteiger charge is -2.56. The minimum atomic E-state index is -3.84. The molecule has 4 aliphatic carbocycles. The maximum atomic E-state index is 11.6. The van der Waals surface area contributed by atoms with Crippen molar-refractivity contribution in [1.29, 1.82) is 0 Å². The zero-order valence-electron chi connectivity index (χ0n) is 9.54. The molecule has 94 valence electrons. The molecule has 7 heteroatoms. The molecule has 6 nitrogen and oxygen atoms in total. The third-order valence-corrected chi connectivity index (χ3v) is 5.51. The van der Waals surface area contributed by atoms with E-state index in [9.17, 15) is 8.42 Å². The number of nitrogens with one attached hydrogen (secondary N) is 1. The van der Waals surface area contributed by atoms with E-state index in [2.05, 4.69) is 14.2 Å². The molecule has 1 N–H and O–H groups in total. The first-order chi connectivity index (χ1) is 8.00. The van der Waals surface area contributed by atoms with Gasteiger partial charge in [0.1, 0.15) is 0 Å². The van der Waals surface area contributed by atoms with Crippen molar-refractivity contribution in [1.82, 2.24) is 4.72 Å². The average Bonchev–Trinajstić information content (AvgIpc) is 2.11. The van der Waals surface area contributed by atoms with Crippen LogP contribution in [0.1, 0.15) is 38.5 Å². The van der Waals surface area contributed by atoms with Crippen LogP contribution in [0, 0.1) is 17.8 Å².